The smallest absolute Gasteiger partial charge is 0.410 e. The van der Waals surface area contributed by atoms with E-state index in [-0.39, 0.29) is 19.6 Å². The van der Waals surface area contributed by atoms with E-state index in [2.05, 4.69) is 0 Å². The van der Waals surface area contributed by atoms with E-state index in [1.165, 1.54) is 4.90 Å². The molecule has 0 aliphatic carbocycles. The lowest BCUT2D eigenvalue weighted by Crippen LogP contribution is -2.52. The zero-order chi connectivity index (χ0) is 16.7. The summed E-state index contributed by atoms with van der Waals surface area (Å²) in [6.07, 6.45) is -0.0255. The molecular formula is C17H23NO5. The fraction of sp³-hybridized carbons (Fsp3) is 0.529. The van der Waals surface area contributed by atoms with Crippen LogP contribution in [0.4, 0.5) is 4.79 Å². The molecule has 0 saturated carbocycles. The molecule has 6 nitrogen and oxygen atoms in total. The SMILES string of the molecule is CCOC(=O)C[C@@H]1[C@@H](O)CCCN1C(=O)OCc1ccccc1. The summed E-state index contributed by atoms with van der Waals surface area (Å²) in [6, 6.07) is 8.78. The molecule has 23 heavy (non-hydrogen) atoms. The summed E-state index contributed by atoms with van der Waals surface area (Å²) < 4.78 is 10.2. The minimum absolute atomic E-state index is 0.0184. The number of rotatable bonds is 5. The van der Waals surface area contributed by atoms with E-state index in [1.54, 1.807) is 6.92 Å². The second-order valence-corrected chi connectivity index (χ2v) is 5.52. The van der Waals surface area contributed by atoms with Gasteiger partial charge in [0, 0.05) is 6.54 Å². The number of hydrogen-bond donors (Lipinski definition) is 1. The number of esters is 1. The molecule has 2 atom stereocenters. The number of hydrogen-bond acceptors (Lipinski definition) is 5. The summed E-state index contributed by atoms with van der Waals surface area (Å²) >= 11 is 0. The first-order chi connectivity index (χ1) is 11.1. The summed E-state index contributed by atoms with van der Waals surface area (Å²) in [5.41, 5.74) is 0.889. The number of benzene rings is 1. The molecule has 1 aromatic carbocycles. The van der Waals surface area contributed by atoms with E-state index in [1.807, 2.05) is 30.3 Å². The van der Waals surface area contributed by atoms with Gasteiger partial charge in [0.2, 0.25) is 0 Å². The van der Waals surface area contributed by atoms with Crippen LogP contribution < -0.4 is 0 Å². The molecule has 0 spiro atoms. The van der Waals surface area contributed by atoms with Gasteiger partial charge in [-0.1, -0.05) is 30.3 Å². The highest BCUT2D eigenvalue weighted by Gasteiger charge is 2.36. The third-order valence-corrected chi connectivity index (χ3v) is 3.86. The molecule has 1 heterocycles. The molecule has 1 saturated heterocycles. The minimum Gasteiger partial charge on any atom is -0.466 e. The van der Waals surface area contributed by atoms with Gasteiger partial charge in [0.05, 0.1) is 25.2 Å². The first-order valence-electron chi connectivity index (χ1n) is 7.92. The Hall–Kier alpha value is -2.08. The van der Waals surface area contributed by atoms with Crippen molar-refractivity contribution in [1.82, 2.24) is 4.90 Å². The van der Waals surface area contributed by atoms with Crippen LogP contribution in [0, 0.1) is 0 Å². The van der Waals surface area contributed by atoms with Gasteiger partial charge in [0.1, 0.15) is 6.61 Å². The Morgan fingerprint density at radius 3 is 2.70 bits per heavy atom. The molecule has 1 aliphatic heterocycles. The topological polar surface area (TPSA) is 76.1 Å². The molecule has 1 aromatic rings. The average molecular weight is 321 g/mol. The highest BCUT2D eigenvalue weighted by molar-refractivity contribution is 5.73. The highest BCUT2D eigenvalue weighted by atomic mass is 16.6. The molecule has 0 unspecified atom stereocenters. The molecule has 1 fully saturated rings. The van der Waals surface area contributed by atoms with Crippen molar-refractivity contribution in [2.45, 2.75) is 44.9 Å². The van der Waals surface area contributed by atoms with Crippen molar-refractivity contribution >= 4 is 12.1 Å². The number of carbonyl (C=O) groups is 2. The van der Waals surface area contributed by atoms with E-state index in [0.717, 1.165) is 5.56 Å². The van der Waals surface area contributed by atoms with E-state index in [4.69, 9.17) is 9.47 Å². The maximum atomic E-state index is 12.3. The van der Waals surface area contributed by atoms with Crippen LogP contribution in [-0.4, -0.2) is 47.4 Å². The average Bonchev–Trinajstić information content (AvgIpc) is 2.55. The molecule has 0 radical (unpaired) electrons. The van der Waals surface area contributed by atoms with Gasteiger partial charge < -0.3 is 19.5 Å². The zero-order valence-electron chi connectivity index (χ0n) is 13.3. The number of nitrogens with zero attached hydrogens (tertiary/aromatic N) is 1. The Kier molecular flexibility index (Phi) is 6.40. The monoisotopic (exact) mass is 321 g/mol. The number of carbonyl (C=O) groups excluding carboxylic acids is 2. The predicted octanol–water partition coefficient (Wildman–Crippen LogP) is 2.10. The van der Waals surface area contributed by atoms with Gasteiger partial charge in [-0.25, -0.2) is 4.79 Å². The van der Waals surface area contributed by atoms with Crippen LogP contribution in [0.25, 0.3) is 0 Å². The van der Waals surface area contributed by atoms with Crippen molar-refractivity contribution in [3.63, 3.8) is 0 Å². The molecule has 0 aromatic heterocycles. The second kappa shape index (κ2) is 8.53. The third kappa shape index (κ3) is 4.96. The van der Waals surface area contributed by atoms with Crippen molar-refractivity contribution in [2.75, 3.05) is 13.2 Å². The van der Waals surface area contributed by atoms with Gasteiger partial charge in [-0.15, -0.1) is 0 Å². The van der Waals surface area contributed by atoms with Crippen LogP contribution in [0.2, 0.25) is 0 Å². The van der Waals surface area contributed by atoms with E-state index < -0.39 is 24.2 Å². The maximum Gasteiger partial charge on any atom is 0.410 e. The first kappa shape index (κ1) is 17.3. The largest absolute Gasteiger partial charge is 0.466 e. The second-order valence-electron chi connectivity index (χ2n) is 5.52. The molecule has 6 heteroatoms. The van der Waals surface area contributed by atoms with E-state index in [0.29, 0.717) is 19.4 Å². The lowest BCUT2D eigenvalue weighted by atomic mass is 9.96. The molecular weight excluding hydrogens is 298 g/mol. The maximum absolute atomic E-state index is 12.3. The van der Waals surface area contributed by atoms with Crippen LogP contribution in [0.15, 0.2) is 30.3 Å². The standard InChI is InChI=1S/C17H23NO5/c1-2-22-16(20)11-14-15(19)9-6-10-18(14)17(21)23-12-13-7-4-3-5-8-13/h3-5,7-8,14-15,19H,2,6,9-12H2,1H3/t14-,15+/m1/s1. The van der Waals surface area contributed by atoms with Crippen molar-refractivity contribution in [3.8, 4) is 0 Å². The number of likely N-dealkylation sites (tertiary alicyclic amines) is 1. The Bertz CT molecular complexity index is 519. The molecule has 1 amide bonds. The zero-order valence-corrected chi connectivity index (χ0v) is 13.3. The quantitative estimate of drug-likeness (QED) is 0.841. The van der Waals surface area contributed by atoms with Gasteiger partial charge in [-0.2, -0.15) is 0 Å². The predicted molar refractivity (Wildman–Crippen MR) is 83.6 cm³/mol. The Morgan fingerprint density at radius 1 is 1.26 bits per heavy atom. The number of piperidine rings is 1. The highest BCUT2D eigenvalue weighted by Crippen LogP contribution is 2.22. The normalized spacial score (nSPS) is 20.9. The number of ether oxygens (including phenoxy) is 2. The van der Waals surface area contributed by atoms with Crippen molar-refractivity contribution in [2.24, 2.45) is 0 Å². The van der Waals surface area contributed by atoms with Crippen LogP contribution >= 0.6 is 0 Å². The van der Waals surface area contributed by atoms with Gasteiger partial charge in [-0.3, -0.25) is 4.79 Å². The summed E-state index contributed by atoms with van der Waals surface area (Å²) in [6.45, 7) is 2.63. The first-order valence-corrected chi connectivity index (χ1v) is 7.92. The lowest BCUT2D eigenvalue weighted by Gasteiger charge is -2.37. The van der Waals surface area contributed by atoms with Gasteiger partial charge in [0.25, 0.3) is 0 Å². The van der Waals surface area contributed by atoms with Gasteiger partial charge in [0.15, 0.2) is 0 Å². The number of aliphatic hydroxyl groups excluding tert-OH is 1. The van der Waals surface area contributed by atoms with E-state index >= 15 is 0 Å². The Labute approximate surface area is 136 Å². The van der Waals surface area contributed by atoms with Crippen molar-refractivity contribution in [1.29, 1.82) is 0 Å². The van der Waals surface area contributed by atoms with E-state index in [9.17, 15) is 14.7 Å². The number of amides is 1. The molecule has 2 rings (SSSR count). The summed E-state index contributed by atoms with van der Waals surface area (Å²) in [5, 5.41) is 10.1. The number of aliphatic hydroxyl groups is 1. The summed E-state index contributed by atoms with van der Waals surface area (Å²) in [7, 11) is 0. The minimum atomic E-state index is -0.738. The van der Waals surface area contributed by atoms with Crippen molar-refractivity contribution < 1.29 is 24.2 Å². The Balaban J connectivity index is 1.96. The van der Waals surface area contributed by atoms with Crippen LogP contribution in [-0.2, 0) is 20.9 Å². The lowest BCUT2D eigenvalue weighted by molar-refractivity contribution is -0.146. The summed E-state index contributed by atoms with van der Waals surface area (Å²) in [5.74, 6) is -0.417. The van der Waals surface area contributed by atoms with Crippen LogP contribution in [0.1, 0.15) is 31.7 Å². The summed E-state index contributed by atoms with van der Waals surface area (Å²) in [4.78, 5) is 25.4. The molecule has 0 bridgehead atoms. The molecule has 126 valence electrons. The molecule has 1 N–H and O–H groups in total. The fourth-order valence-electron chi connectivity index (χ4n) is 2.70. The van der Waals surface area contributed by atoms with Crippen LogP contribution in [0.5, 0.6) is 0 Å². The van der Waals surface area contributed by atoms with Gasteiger partial charge >= 0.3 is 12.1 Å². The van der Waals surface area contributed by atoms with Crippen molar-refractivity contribution in [3.05, 3.63) is 35.9 Å². The molecule has 1 aliphatic rings. The fourth-order valence-corrected chi connectivity index (χ4v) is 2.70. The Morgan fingerprint density at radius 2 is 2.00 bits per heavy atom. The third-order valence-electron chi connectivity index (χ3n) is 3.86. The van der Waals surface area contributed by atoms with Gasteiger partial charge in [-0.05, 0) is 25.3 Å². The van der Waals surface area contributed by atoms with Crippen LogP contribution in [0.3, 0.4) is 0 Å².